The van der Waals surface area contributed by atoms with Crippen molar-refractivity contribution in [3.63, 3.8) is 0 Å². The van der Waals surface area contributed by atoms with E-state index in [1.165, 1.54) is 12.7 Å². The van der Waals surface area contributed by atoms with E-state index in [9.17, 15) is 4.79 Å². The van der Waals surface area contributed by atoms with Crippen molar-refractivity contribution in [2.75, 3.05) is 26.7 Å². The number of rotatable bonds is 4. The maximum atomic E-state index is 11.6. The van der Waals surface area contributed by atoms with Gasteiger partial charge in [0, 0.05) is 19.6 Å². The highest BCUT2D eigenvalue weighted by Crippen LogP contribution is 2.22. The minimum Gasteiger partial charge on any atom is -0.469 e. The Labute approximate surface area is 167 Å². The second kappa shape index (κ2) is 10.5. The van der Waals surface area contributed by atoms with Gasteiger partial charge in [-0.1, -0.05) is 0 Å². The Bertz CT molecular complexity index is 531. The molecule has 0 unspecified atom stereocenters. The number of guanidine groups is 1. The largest absolute Gasteiger partial charge is 0.469 e. The van der Waals surface area contributed by atoms with Crippen LogP contribution in [0.3, 0.4) is 0 Å². The molecule has 1 saturated heterocycles. The number of likely N-dealkylation sites (tertiary alicyclic amines) is 1. The van der Waals surface area contributed by atoms with Gasteiger partial charge in [-0.3, -0.25) is 4.79 Å². The van der Waals surface area contributed by atoms with Crippen molar-refractivity contribution in [1.29, 1.82) is 0 Å². The second-order valence-electron chi connectivity index (χ2n) is 5.21. The van der Waals surface area contributed by atoms with Crippen LogP contribution in [0, 0.1) is 5.92 Å². The lowest BCUT2D eigenvalue weighted by atomic mass is 9.97. The molecule has 23 heavy (non-hydrogen) atoms. The molecular weight excluding hydrogens is 493 g/mol. The molecule has 1 aromatic rings. The Balaban J connectivity index is 0.00000264. The molecule has 0 saturated carbocycles. The summed E-state index contributed by atoms with van der Waals surface area (Å²) in [6, 6.07) is 2.10. The van der Waals surface area contributed by atoms with Crippen molar-refractivity contribution >= 4 is 63.2 Å². The highest BCUT2D eigenvalue weighted by Gasteiger charge is 2.26. The monoisotopic (exact) mass is 515 g/mol. The van der Waals surface area contributed by atoms with Gasteiger partial charge < -0.3 is 15.0 Å². The van der Waals surface area contributed by atoms with Crippen LogP contribution >= 0.6 is 51.2 Å². The minimum atomic E-state index is -0.0929. The minimum absolute atomic E-state index is 0. The number of nitrogens with one attached hydrogen (secondary N) is 1. The Morgan fingerprint density at radius 2 is 2.22 bits per heavy atom. The highest BCUT2D eigenvalue weighted by molar-refractivity contribution is 14.0. The second-order valence-corrected chi connectivity index (χ2v) is 7.50. The number of nitrogens with zero attached hydrogens (tertiary/aromatic N) is 2. The molecule has 1 aromatic heterocycles. The van der Waals surface area contributed by atoms with Crippen LogP contribution in [0.4, 0.5) is 0 Å². The summed E-state index contributed by atoms with van der Waals surface area (Å²) in [6.07, 6.45) is 1.64. The van der Waals surface area contributed by atoms with Crippen LogP contribution in [0.2, 0.25) is 0 Å². The van der Waals surface area contributed by atoms with Gasteiger partial charge in [0.1, 0.15) is 0 Å². The molecule has 1 aliphatic rings. The van der Waals surface area contributed by atoms with Crippen LogP contribution in [0.1, 0.15) is 25.3 Å². The third kappa shape index (κ3) is 6.22. The van der Waals surface area contributed by atoms with E-state index in [4.69, 9.17) is 9.73 Å². The number of methoxy groups -OCH3 is 1. The van der Waals surface area contributed by atoms with E-state index >= 15 is 0 Å². The summed E-state index contributed by atoms with van der Waals surface area (Å²) in [4.78, 5) is 18.5. The molecule has 2 rings (SSSR count). The zero-order valence-electron chi connectivity index (χ0n) is 13.4. The number of ether oxygens (including phenoxy) is 1. The molecule has 1 fully saturated rings. The van der Waals surface area contributed by atoms with Gasteiger partial charge in [-0.25, -0.2) is 4.99 Å². The van der Waals surface area contributed by atoms with Gasteiger partial charge >= 0.3 is 5.97 Å². The molecule has 5 nitrogen and oxygen atoms in total. The molecule has 0 amide bonds. The van der Waals surface area contributed by atoms with Gasteiger partial charge in [-0.2, -0.15) is 0 Å². The molecule has 130 valence electrons. The molecule has 8 heteroatoms. The summed E-state index contributed by atoms with van der Waals surface area (Å²) >= 11 is 5.15. The van der Waals surface area contributed by atoms with Crippen molar-refractivity contribution in [2.45, 2.75) is 26.3 Å². The standard InChI is InChI=1S/C15H22BrN3O2S.HI/c1-3-17-15(18-9-11-8-13(16)22-10-11)19-6-4-12(5-7-19)14(20)21-2;/h8,10,12H,3-7,9H2,1-2H3,(H,17,18);1H. The van der Waals surface area contributed by atoms with E-state index in [0.29, 0.717) is 6.54 Å². The lowest BCUT2D eigenvalue weighted by Gasteiger charge is -2.33. The van der Waals surface area contributed by atoms with Crippen molar-refractivity contribution in [3.8, 4) is 0 Å². The van der Waals surface area contributed by atoms with E-state index in [1.54, 1.807) is 11.3 Å². The normalized spacial score (nSPS) is 16.0. The number of carbonyl (C=O) groups is 1. The predicted molar refractivity (Wildman–Crippen MR) is 109 cm³/mol. The van der Waals surface area contributed by atoms with Gasteiger partial charge in [0.2, 0.25) is 0 Å². The van der Waals surface area contributed by atoms with E-state index in [2.05, 4.69) is 44.5 Å². The van der Waals surface area contributed by atoms with E-state index in [1.807, 2.05) is 0 Å². The number of carbonyl (C=O) groups excluding carboxylic acids is 1. The van der Waals surface area contributed by atoms with Gasteiger partial charge in [-0.05, 0) is 52.7 Å². The first-order valence-electron chi connectivity index (χ1n) is 7.48. The summed E-state index contributed by atoms with van der Waals surface area (Å²) < 4.78 is 5.96. The molecule has 2 heterocycles. The number of halogens is 2. The fraction of sp³-hybridized carbons (Fsp3) is 0.600. The number of esters is 1. The lowest BCUT2D eigenvalue weighted by molar-refractivity contribution is -0.146. The summed E-state index contributed by atoms with van der Waals surface area (Å²) in [5.74, 6) is 0.856. The van der Waals surface area contributed by atoms with Gasteiger partial charge in [-0.15, -0.1) is 35.3 Å². The summed E-state index contributed by atoms with van der Waals surface area (Å²) in [7, 11) is 1.46. The van der Waals surface area contributed by atoms with Gasteiger partial charge in [0.25, 0.3) is 0 Å². The molecule has 0 aromatic carbocycles. The zero-order chi connectivity index (χ0) is 15.9. The fourth-order valence-electron chi connectivity index (χ4n) is 2.51. The first-order chi connectivity index (χ1) is 10.6. The van der Waals surface area contributed by atoms with E-state index in [0.717, 1.165) is 42.2 Å². The van der Waals surface area contributed by atoms with Crippen LogP contribution in [-0.4, -0.2) is 43.6 Å². The van der Waals surface area contributed by atoms with Crippen LogP contribution in [-0.2, 0) is 16.1 Å². The SMILES string of the molecule is CCNC(=NCc1csc(Br)c1)N1CCC(C(=O)OC)CC1.I. The molecule has 1 N–H and O–H groups in total. The van der Waals surface area contributed by atoms with Crippen LogP contribution in [0.5, 0.6) is 0 Å². The van der Waals surface area contributed by atoms with Crippen LogP contribution < -0.4 is 5.32 Å². The van der Waals surface area contributed by atoms with E-state index < -0.39 is 0 Å². The Morgan fingerprint density at radius 1 is 1.52 bits per heavy atom. The lowest BCUT2D eigenvalue weighted by Crippen LogP contribution is -2.46. The average Bonchev–Trinajstić information content (AvgIpc) is 2.96. The van der Waals surface area contributed by atoms with Crippen LogP contribution in [0.15, 0.2) is 20.2 Å². The summed E-state index contributed by atoms with van der Waals surface area (Å²) in [5.41, 5.74) is 1.21. The average molecular weight is 516 g/mol. The smallest absolute Gasteiger partial charge is 0.308 e. The number of thiophene rings is 1. The molecule has 0 radical (unpaired) electrons. The molecular formula is C15H23BrIN3O2S. The highest BCUT2D eigenvalue weighted by atomic mass is 127. The summed E-state index contributed by atoms with van der Waals surface area (Å²) in [5, 5.41) is 5.45. The number of aliphatic imine (C=N–C) groups is 1. The van der Waals surface area contributed by atoms with E-state index in [-0.39, 0.29) is 35.9 Å². The van der Waals surface area contributed by atoms with Crippen molar-refractivity contribution < 1.29 is 9.53 Å². The first kappa shape index (κ1) is 20.7. The molecule has 0 bridgehead atoms. The third-order valence-corrected chi connectivity index (χ3v) is 5.25. The maximum absolute atomic E-state index is 11.6. The predicted octanol–water partition coefficient (Wildman–Crippen LogP) is 3.48. The first-order valence-corrected chi connectivity index (χ1v) is 9.15. The Morgan fingerprint density at radius 3 is 2.74 bits per heavy atom. The van der Waals surface area contributed by atoms with Crippen molar-refractivity contribution in [1.82, 2.24) is 10.2 Å². The van der Waals surface area contributed by atoms with Gasteiger partial charge in [0.15, 0.2) is 5.96 Å². The van der Waals surface area contributed by atoms with Gasteiger partial charge in [0.05, 0.1) is 23.4 Å². The molecule has 0 aliphatic carbocycles. The number of hydrogen-bond donors (Lipinski definition) is 1. The molecule has 0 atom stereocenters. The topological polar surface area (TPSA) is 53.9 Å². The molecule has 0 spiro atoms. The Kier molecular flexibility index (Phi) is 9.45. The Hall–Kier alpha value is -0.350. The number of hydrogen-bond acceptors (Lipinski definition) is 4. The third-order valence-electron chi connectivity index (χ3n) is 3.70. The van der Waals surface area contributed by atoms with Crippen molar-refractivity contribution in [2.24, 2.45) is 10.9 Å². The summed E-state index contributed by atoms with van der Waals surface area (Å²) in [6.45, 7) is 5.24. The van der Waals surface area contributed by atoms with Crippen molar-refractivity contribution in [3.05, 3.63) is 20.8 Å². The maximum Gasteiger partial charge on any atom is 0.308 e. The quantitative estimate of drug-likeness (QED) is 0.289. The van der Waals surface area contributed by atoms with Crippen LogP contribution in [0.25, 0.3) is 0 Å². The zero-order valence-corrected chi connectivity index (χ0v) is 18.1. The number of piperidine rings is 1. The fourth-order valence-corrected chi connectivity index (χ4v) is 3.71. The molecule has 1 aliphatic heterocycles.